The standard InChI is InChI=1S/C14H26N4O3/c1-15-5-3-12(4-6-15)16(2)14(21)18-9-7-17(8-10-18)11-13(19)20/h12H,3-11H2,1-2H3,(H,19,20). The second kappa shape index (κ2) is 7.09. The van der Waals surface area contributed by atoms with Gasteiger partial charge in [-0.1, -0.05) is 0 Å². The molecule has 0 aliphatic carbocycles. The number of piperidine rings is 1. The Morgan fingerprint density at radius 1 is 1.10 bits per heavy atom. The van der Waals surface area contributed by atoms with Crippen molar-refractivity contribution in [1.29, 1.82) is 0 Å². The number of nitrogens with zero attached hydrogens (tertiary/aromatic N) is 4. The quantitative estimate of drug-likeness (QED) is 0.784. The van der Waals surface area contributed by atoms with E-state index >= 15 is 0 Å². The third-order valence-corrected chi connectivity index (χ3v) is 4.54. The van der Waals surface area contributed by atoms with E-state index in [9.17, 15) is 9.59 Å². The highest BCUT2D eigenvalue weighted by Crippen LogP contribution is 2.16. The molecule has 0 saturated carbocycles. The van der Waals surface area contributed by atoms with Crippen molar-refractivity contribution in [2.75, 3.05) is 59.9 Å². The molecule has 0 aromatic rings. The molecule has 2 heterocycles. The Hall–Kier alpha value is -1.34. The molecule has 2 rings (SSSR count). The number of carboxylic acid groups (broad SMARTS) is 1. The second-order valence-electron chi connectivity index (χ2n) is 6.08. The lowest BCUT2D eigenvalue weighted by Crippen LogP contribution is -2.55. The molecule has 0 spiro atoms. The van der Waals surface area contributed by atoms with Gasteiger partial charge < -0.3 is 19.8 Å². The van der Waals surface area contributed by atoms with Crippen LogP contribution in [0.4, 0.5) is 4.79 Å². The lowest BCUT2D eigenvalue weighted by atomic mass is 10.0. The maximum absolute atomic E-state index is 12.5. The summed E-state index contributed by atoms with van der Waals surface area (Å²) in [5, 5.41) is 8.79. The van der Waals surface area contributed by atoms with Crippen molar-refractivity contribution in [2.45, 2.75) is 18.9 Å². The molecule has 0 atom stereocenters. The van der Waals surface area contributed by atoms with Gasteiger partial charge in [-0.3, -0.25) is 9.69 Å². The van der Waals surface area contributed by atoms with E-state index in [2.05, 4.69) is 11.9 Å². The number of carbonyl (C=O) groups is 2. The lowest BCUT2D eigenvalue weighted by Gasteiger charge is -2.40. The van der Waals surface area contributed by atoms with Gasteiger partial charge in [0.2, 0.25) is 0 Å². The maximum Gasteiger partial charge on any atom is 0.320 e. The van der Waals surface area contributed by atoms with Crippen LogP contribution in [0.25, 0.3) is 0 Å². The molecule has 2 aliphatic rings. The summed E-state index contributed by atoms with van der Waals surface area (Å²) in [7, 11) is 4.00. The van der Waals surface area contributed by atoms with Gasteiger partial charge in [0.25, 0.3) is 0 Å². The van der Waals surface area contributed by atoms with Crippen LogP contribution in [0, 0.1) is 0 Å². The molecule has 7 heteroatoms. The number of urea groups is 1. The molecule has 21 heavy (non-hydrogen) atoms. The Kier molecular flexibility index (Phi) is 5.41. The number of piperazine rings is 1. The molecule has 0 unspecified atom stereocenters. The van der Waals surface area contributed by atoms with Gasteiger partial charge in [-0.2, -0.15) is 0 Å². The van der Waals surface area contributed by atoms with Gasteiger partial charge in [-0.25, -0.2) is 4.79 Å². The van der Waals surface area contributed by atoms with Crippen LogP contribution in [0.5, 0.6) is 0 Å². The molecular weight excluding hydrogens is 272 g/mol. The van der Waals surface area contributed by atoms with Crippen LogP contribution in [0.3, 0.4) is 0 Å². The first-order chi connectivity index (χ1) is 9.97. The number of likely N-dealkylation sites (tertiary alicyclic amines) is 1. The summed E-state index contributed by atoms with van der Waals surface area (Å²) in [6.45, 7) is 4.64. The van der Waals surface area contributed by atoms with Gasteiger partial charge in [0.05, 0.1) is 6.54 Å². The molecule has 120 valence electrons. The molecule has 2 amide bonds. The van der Waals surface area contributed by atoms with Crippen molar-refractivity contribution < 1.29 is 14.7 Å². The van der Waals surface area contributed by atoms with Crippen LogP contribution >= 0.6 is 0 Å². The van der Waals surface area contributed by atoms with Crippen LogP contribution in [0.15, 0.2) is 0 Å². The molecule has 7 nitrogen and oxygen atoms in total. The number of carbonyl (C=O) groups excluding carboxylic acids is 1. The molecule has 2 saturated heterocycles. The minimum atomic E-state index is -0.807. The maximum atomic E-state index is 12.5. The number of hydrogen-bond acceptors (Lipinski definition) is 4. The van der Waals surface area contributed by atoms with Crippen molar-refractivity contribution in [2.24, 2.45) is 0 Å². The second-order valence-corrected chi connectivity index (χ2v) is 6.08. The van der Waals surface area contributed by atoms with Crippen molar-refractivity contribution in [3.63, 3.8) is 0 Å². The highest BCUT2D eigenvalue weighted by Gasteiger charge is 2.29. The van der Waals surface area contributed by atoms with Crippen molar-refractivity contribution in [3.05, 3.63) is 0 Å². The predicted molar refractivity (Wildman–Crippen MR) is 79.3 cm³/mol. The summed E-state index contributed by atoms with van der Waals surface area (Å²) in [5.74, 6) is -0.807. The molecule has 0 radical (unpaired) electrons. The van der Waals surface area contributed by atoms with Gasteiger partial charge in [0, 0.05) is 39.3 Å². The van der Waals surface area contributed by atoms with Gasteiger partial charge in [-0.05, 0) is 33.0 Å². The normalized spacial score (nSPS) is 22.3. The van der Waals surface area contributed by atoms with E-state index in [0.29, 0.717) is 32.2 Å². The molecule has 2 fully saturated rings. The Morgan fingerprint density at radius 3 is 2.19 bits per heavy atom. The summed E-state index contributed by atoms with van der Waals surface area (Å²) in [4.78, 5) is 31.1. The minimum Gasteiger partial charge on any atom is -0.480 e. The van der Waals surface area contributed by atoms with E-state index in [4.69, 9.17) is 5.11 Å². The summed E-state index contributed by atoms with van der Waals surface area (Å²) in [6.07, 6.45) is 2.05. The predicted octanol–water partition coefficient (Wildman–Crippen LogP) is -0.165. The van der Waals surface area contributed by atoms with Crippen LogP contribution < -0.4 is 0 Å². The van der Waals surface area contributed by atoms with Gasteiger partial charge in [0.1, 0.15) is 0 Å². The van der Waals surface area contributed by atoms with Gasteiger partial charge >= 0.3 is 12.0 Å². The topological polar surface area (TPSA) is 67.3 Å². The van der Waals surface area contributed by atoms with Crippen LogP contribution in [0.1, 0.15) is 12.8 Å². The zero-order valence-corrected chi connectivity index (χ0v) is 13.0. The Morgan fingerprint density at radius 2 is 1.67 bits per heavy atom. The summed E-state index contributed by atoms with van der Waals surface area (Å²) in [6, 6.07) is 0.408. The Labute approximate surface area is 126 Å². The van der Waals surface area contributed by atoms with E-state index in [-0.39, 0.29) is 12.6 Å². The summed E-state index contributed by atoms with van der Waals surface area (Å²) >= 11 is 0. The monoisotopic (exact) mass is 298 g/mol. The first-order valence-electron chi connectivity index (χ1n) is 7.62. The zero-order valence-electron chi connectivity index (χ0n) is 13.0. The third kappa shape index (κ3) is 4.31. The van der Waals surface area contributed by atoms with E-state index in [0.717, 1.165) is 25.9 Å². The molecule has 0 aromatic carbocycles. The number of carboxylic acids is 1. The number of hydrogen-bond donors (Lipinski definition) is 1. The number of amides is 2. The summed E-state index contributed by atoms with van der Waals surface area (Å²) < 4.78 is 0. The Bertz CT molecular complexity index is 374. The van der Waals surface area contributed by atoms with E-state index in [1.807, 2.05) is 21.7 Å². The number of aliphatic carboxylic acids is 1. The fourth-order valence-electron chi connectivity index (χ4n) is 3.05. The Balaban J connectivity index is 1.79. The largest absolute Gasteiger partial charge is 0.480 e. The first kappa shape index (κ1) is 16.0. The lowest BCUT2D eigenvalue weighted by molar-refractivity contribution is -0.138. The average molecular weight is 298 g/mol. The molecule has 1 N–H and O–H groups in total. The molecule has 2 aliphatic heterocycles. The summed E-state index contributed by atoms with van der Waals surface area (Å²) in [5.41, 5.74) is 0. The van der Waals surface area contributed by atoms with Crippen LogP contribution in [-0.4, -0.2) is 103 Å². The highest BCUT2D eigenvalue weighted by molar-refractivity contribution is 5.74. The minimum absolute atomic E-state index is 0.0623. The van der Waals surface area contributed by atoms with Crippen molar-refractivity contribution >= 4 is 12.0 Å². The first-order valence-corrected chi connectivity index (χ1v) is 7.62. The SMILES string of the molecule is CN1CCC(N(C)C(=O)N2CCN(CC(=O)O)CC2)CC1. The smallest absolute Gasteiger partial charge is 0.320 e. The molecule has 0 aromatic heterocycles. The van der Waals surface area contributed by atoms with Crippen LogP contribution in [0.2, 0.25) is 0 Å². The van der Waals surface area contributed by atoms with Crippen LogP contribution in [-0.2, 0) is 4.79 Å². The fraction of sp³-hybridized carbons (Fsp3) is 0.857. The van der Waals surface area contributed by atoms with E-state index in [1.54, 1.807) is 0 Å². The van der Waals surface area contributed by atoms with E-state index < -0.39 is 5.97 Å². The molecular formula is C14H26N4O3. The molecule has 0 bridgehead atoms. The van der Waals surface area contributed by atoms with Crippen molar-refractivity contribution in [1.82, 2.24) is 19.6 Å². The average Bonchev–Trinajstić information content (AvgIpc) is 2.47. The van der Waals surface area contributed by atoms with Crippen molar-refractivity contribution in [3.8, 4) is 0 Å². The van der Waals surface area contributed by atoms with Gasteiger partial charge in [0.15, 0.2) is 0 Å². The number of rotatable bonds is 3. The third-order valence-electron chi connectivity index (χ3n) is 4.54. The van der Waals surface area contributed by atoms with Gasteiger partial charge in [-0.15, -0.1) is 0 Å². The zero-order chi connectivity index (χ0) is 15.4. The fourth-order valence-corrected chi connectivity index (χ4v) is 3.05. The highest BCUT2D eigenvalue weighted by atomic mass is 16.4. The van der Waals surface area contributed by atoms with E-state index in [1.165, 1.54) is 0 Å².